The first kappa shape index (κ1) is 30.1. The molecule has 1 aromatic heterocycles. The number of nitrogens with zero attached hydrogens (tertiary/aromatic N) is 7. The van der Waals surface area contributed by atoms with E-state index in [2.05, 4.69) is 40.2 Å². The molecular formula is C33H37ClFN7O2. The van der Waals surface area contributed by atoms with Crippen LogP contribution < -0.4 is 14.5 Å². The first-order valence-corrected chi connectivity index (χ1v) is 15.4. The summed E-state index contributed by atoms with van der Waals surface area (Å²) in [5, 5.41) is 1.68. The number of hydrogen-bond acceptors (Lipinski definition) is 7. The van der Waals surface area contributed by atoms with Crippen LogP contribution in [0.4, 0.5) is 15.9 Å². The van der Waals surface area contributed by atoms with Gasteiger partial charge in [0, 0.05) is 54.8 Å². The maximum Gasteiger partial charge on any atom is 0.318 e. The molecule has 0 bridgehead atoms. The smallest absolute Gasteiger partial charge is 0.318 e. The molecule has 44 heavy (non-hydrogen) atoms. The van der Waals surface area contributed by atoms with Crippen LogP contribution in [0.1, 0.15) is 24.1 Å². The van der Waals surface area contributed by atoms with Crippen molar-refractivity contribution in [2.45, 2.75) is 31.8 Å². The third kappa shape index (κ3) is 5.91. The number of halogens is 2. The van der Waals surface area contributed by atoms with Gasteiger partial charge in [-0.1, -0.05) is 36.4 Å². The maximum atomic E-state index is 14.6. The number of aromatic nitrogens is 2. The summed E-state index contributed by atoms with van der Waals surface area (Å²) in [5.41, 5.74) is 2.85. The van der Waals surface area contributed by atoms with Crippen molar-refractivity contribution in [2.75, 3.05) is 69.8 Å². The van der Waals surface area contributed by atoms with Crippen LogP contribution in [0.2, 0.25) is 5.02 Å². The van der Waals surface area contributed by atoms with Crippen molar-refractivity contribution in [1.29, 1.82) is 0 Å². The molecule has 1 amide bonds. The Bertz CT molecular complexity index is 1640. The highest BCUT2D eigenvalue weighted by molar-refractivity contribution is 6.36. The van der Waals surface area contributed by atoms with E-state index in [1.807, 2.05) is 18.2 Å². The highest BCUT2D eigenvalue weighted by atomic mass is 35.5. The normalized spacial score (nSPS) is 19.1. The lowest BCUT2D eigenvalue weighted by molar-refractivity contribution is -0.128. The predicted molar refractivity (Wildman–Crippen MR) is 171 cm³/mol. The average Bonchev–Trinajstić information content (AvgIpc) is 3.79. The lowest BCUT2D eigenvalue weighted by atomic mass is 10.0. The van der Waals surface area contributed by atoms with E-state index < -0.39 is 5.82 Å². The molecule has 2 aliphatic heterocycles. The third-order valence-electron chi connectivity index (χ3n) is 8.93. The van der Waals surface area contributed by atoms with E-state index >= 15 is 0 Å². The average molecular weight is 618 g/mol. The van der Waals surface area contributed by atoms with Crippen LogP contribution in [0.25, 0.3) is 15.6 Å². The van der Waals surface area contributed by atoms with Gasteiger partial charge in [-0.2, -0.15) is 9.97 Å². The molecule has 0 N–H and O–H groups in total. The van der Waals surface area contributed by atoms with Crippen molar-refractivity contribution in [3.8, 4) is 6.01 Å². The molecule has 0 unspecified atom stereocenters. The van der Waals surface area contributed by atoms with Gasteiger partial charge >= 0.3 is 6.01 Å². The fourth-order valence-electron chi connectivity index (χ4n) is 6.60. The van der Waals surface area contributed by atoms with Crippen molar-refractivity contribution in [3.05, 3.63) is 76.5 Å². The quantitative estimate of drug-likeness (QED) is 0.252. The Morgan fingerprint density at radius 3 is 2.77 bits per heavy atom. The second-order valence-corrected chi connectivity index (χ2v) is 12.7. The van der Waals surface area contributed by atoms with Crippen molar-refractivity contribution in [2.24, 2.45) is 5.41 Å². The molecule has 0 radical (unpaired) electrons. The summed E-state index contributed by atoms with van der Waals surface area (Å²) in [6.07, 6.45) is 4.18. The van der Waals surface area contributed by atoms with E-state index in [9.17, 15) is 9.18 Å². The van der Waals surface area contributed by atoms with E-state index in [1.165, 1.54) is 12.1 Å². The van der Waals surface area contributed by atoms with Gasteiger partial charge in [-0.15, -0.1) is 0 Å². The van der Waals surface area contributed by atoms with Crippen molar-refractivity contribution < 1.29 is 13.9 Å². The molecule has 9 nitrogen and oxygen atoms in total. The molecular weight excluding hydrogens is 581 g/mol. The molecule has 2 aromatic carbocycles. The van der Waals surface area contributed by atoms with Crippen LogP contribution in [0, 0.1) is 17.8 Å². The molecule has 3 aromatic rings. The van der Waals surface area contributed by atoms with Gasteiger partial charge in [0.15, 0.2) is 0 Å². The van der Waals surface area contributed by atoms with Crippen LogP contribution >= 0.6 is 11.6 Å². The molecule has 11 heteroatoms. The minimum atomic E-state index is -0.445. The minimum Gasteiger partial charge on any atom is -0.463 e. The zero-order valence-electron chi connectivity index (χ0n) is 25.2. The highest BCUT2D eigenvalue weighted by Gasteiger charge is 2.44. The lowest BCUT2D eigenvalue weighted by Crippen LogP contribution is -2.56. The molecule has 1 aliphatic carbocycles. The topological polar surface area (TPSA) is 69.4 Å². The fourth-order valence-corrected chi connectivity index (χ4v) is 6.87. The van der Waals surface area contributed by atoms with E-state index in [1.54, 1.807) is 11.0 Å². The van der Waals surface area contributed by atoms with E-state index in [0.717, 1.165) is 47.5 Å². The standard InChI is InChI=1S/C33H37ClFN7O2/c1-5-28(43)42-16-15-41(18-23(42)17-36-2)31-24-11-14-40(27-8-6-7-22-9-10-25(35)30(34)29(22)27)19-26(24)37-32(38-31)44-21-33(12-13-33)20-39(3)4/h5-10,23H,1,11-21H2,3-4H3/t23-/m0/s1. The van der Waals surface area contributed by atoms with Crippen molar-refractivity contribution in [3.63, 3.8) is 0 Å². The van der Waals surface area contributed by atoms with Gasteiger partial charge in [-0.05, 0) is 57.0 Å². The Hall–Kier alpha value is -3.94. The molecule has 0 spiro atoms. The van der Waals surface area contributed by atoms with Crippen LogP contribution in [0.5, 0.6) is 6.01 Å². The van der Waals surface area contributed by atoms with Gasteiger partial charge in [0.25, 0.3) is 0 Å². The highest BCUT2D eigenvalue weighted by Crippen LogP contribution is 2.46. The van der Waals surface area contributed by atoms with Crippen LogP contribution in [-0.4, -0.2) is 91.7 Å². The Labute approximate surface area is 262 Å². The van der Waals surface area contributed by atoms with Crippen LogP contribution in [0.15, 0.2) is 43.0 Å². The fraction of sp³-hybridized carbons (Fsp3) is 0.455. The number of carbonyl (C=O) groups is 1. The SMILES string of the molecule is [C-]#[N+]C[C@H]1CN(c2nc(OCC3(CN(C)C)CC3)nc3c2CCN(c2cccc4ccc(F)c(Cl)c24)C3)CCN1C(=O)C=C. The summed E-state index contributed by atoms with van der Waals surface area (Å²) in [7, 11) is 4.15. The van der Waals surface area contributed by atoms with Crippen LogP contribution in [0.3, 0.4) is 0 Å². The zero-order chi connectivity index (χ0) is 31.0. The Balaban J connectivity index is 1.35. The van der Waals surface area contributed by atoms with Gasteiger partial charge in [0.2, 0.25) is 12.5 Å². The largest absolute Gasteiger partial charge is 0.463 e. The number of piperazine rings is 1. The lowest BCUT2D eigenvalue weighted by Gasteiger charge is -2.41. The molecule has 2 fully saturated rings. The maximum absolute atomic E-state index is 14.6. The number of amides is 1. The van der Waals surface area contributed by atoms with Crippen LogP contribution in [-0.2, 0) is 17.8 Å². The third-order valence-corrected chi connectivity index (χ3v) is 9.30. The molecule has 3 heterocycles. The summed E-state index contributed by atoms with van der Waals surface area (Å²) in [5.74, 6) is 0.187. The first-order valence-electron chi connectivity index (χ1n) is 15.0. The van der Waals surface area contributed by atoms with Crippen molar-refractivity contribution in [1.82, 2.24) is 19.8 Å². The molecule has 1 atom stereocenters. The van der Waals surface area contributed by atoms with E-state index in [4.69, 9.17) is 32.9 Å². The van der Waals surface area contributed by atoms with E-state index in [0.29, 0.717) is 57.1 Å². The molecule has 3 aliphatic rings. The molecule has 1 saturated carbocycles. The van der Waals surface area contributed by atoms with Gasteiger partial charge in [-0.3, -0.25) is 4.79 Å². The second-order valence-electron chi connectivity index (χ2n) is 12.4. The number of anilines is 2. The number of carbonyl (C=O) groups excluding carboxylic acids is 1. The summed E-state index contributed by atoms with van der Waals surface area (Å²) in [6.45, 7) is 15.5. The second kappa shape index (κ2) is 12.2. The molecule has 230 valence electrons. The zero-order valence-corrected chi connectivity index (χ0v) is 26.0. The Morgan fingerprint density at radius 2 is 2.05 bits per heavy atom. The summed E-state index contributed by atoms with van der Waals surface area (Å²) >= 11 is 6.50. The van der Waals surface area contributed by atoms with Gasteiger partial charge < -0.3 is 29.2 Å². The Morgan fingerprint density at radius 1 is 1.23 bits per heavy atom. The Kier molecular flexibility index (Phi) is 8.36. The number of benzene rings is 2. The summed E-state index contributed by atoms with van der Waals surface area (Å²) in [4.78, 5) is 34.3. The van der Waals surface area contributed by atoms with Crippen molar-refractivity contribution >= 4 is 39.8 Å². The molecule has 6 rings (SSSR count). The minimum absolute atomic E-state index is 0.107. The van der Waals surface area contributed by atoms with Gasteiger partial charge in [0.05, 0.1) is 23.9 Å². The number of fused-ring (bicyclic) bond motifs is 2. The first-order chi connectivity index (χ1) is 21.2. The predicted octanol–water partition coefficient (Wildman–Crippen LogP) is 4.83. The van der Waals surface area contributed by atoms with Gasteiger partial charge in [0.1, 0.15) is 17.7 Å². The van der Waals surface area contributed by atoms with E-state index in [-0.39, 0.29) is 28.9 Å². The number of ether oxygens (including phenoxy) is 1. The van der Waals surface area contributed by atoms with Gasteiger partial charge in [-0.25, -0.2) is 11.0 Å². The number of rotatable bonds is 9. The monoisotopic (exact) mass is 617 g/mol. The summed E-state index contributed by atoms with van der Waals surface area (Å²) < 4.78 is 20.9. The summed E-state index contributed by atoms with van der Waals surface area (Å²) in [6, 6.07) is 9.08. The number of hydrogen-bond donors (Lipinski definition) is 0. The molecule has 1 saturated heterocycles.